The van der Waals surface area contributed by atoms with Gasteiger partial charge in [-0.2, -0.15) is 10.2 Å². The number of H-pyrrole nitrogens is 1. The normalized spacial score (nSPS) is 12.4. The number of anilines is 1. The Balaban J connectivity index is 2.09. The summed E-state index contributed by atoms with van der Waals surface area (Å²) < 4.78 is 1.78. The van der Waals surface area contributed by atoms with Crippen LogP contribution in [0.2, 0.25) is 0 Å². The van der Waals surface area contributed by atoms with Gasteiger partial charge in [-0.15, -0.1) is 0 Å². The van der Waals surface area contributed by atoms with Crippen LogP contribution in [0.1, 0.15) is 18.3 Å². The predicted molar refractivity (Wildman–Crippen MR) is 77.3 cm³/mol. The SMILES string of the molecule is Cc1cc(CC(C)Nc2cnn(C)c(=O)c2Br)n[nH]1. The second-order valence-corrected chi connectivity index (χ2v) is 5.39. The Bertz CT molecular complexity index is 633. The first-order valence-corrected chi connectivity index (χ1v) is 6.76. The van der Waals surface area contributed by atoms with Crippen molar-refractivity contribution in [1.82, 2.24) is 20.0 Å². The van der Waals surface area contributed by atoms with Gasteiger partial charge in [-0.25, -0.2) is 4.68 Å². The number of aryl methyl sites for hydroxylation is 2. The van der Waals surface area contributed by atoms with E-state index in [0.717, 1.165) is 17.8 Å². The fourth-order valence-corrected chi connectivity index (χ4v) is 2.29. The van der Waals surface area contributed by atoms with Crippen molar-refractivity contribution in [2.75, 3.05) is 5.32 Å². The van der Waals surface area contributed by atoms with Crippen LogP contribution >= 0.6 is 15.9 Å². The minimum absolute atomic E-state index is 0.146. The monoisotopic (exact) mass is 325 g/mol. The lowest BCUT2D eigenvalue weighted by atomic mass is 10.1. The summed E-state index contributed by atoms with van der Waals surface area (Å²) in [6, 6.07) is 2.16. The molecule has 0 saturated carbocycles. The Morgan fingerprint density at radius 1 is 1.58 bits per heavy atom. The average Bonchev–Trinajstić information content (AvgIpc) is 2.75. The van der Waals surface area contributed by atoms with Crippen LogP contribution in [0.25, 0.3) is 0 Å². The van der Waals surface area contributed by atoms with Gasteiger partial charge in [0.2, 0.25) is 0 Å². The fourth-order valence-electron chi connectivity index (χ4n) is 1.82. The zero-order chi connectivity index (χ0) is 14.0. The molecule has 0 aliphatic heterocycles. The van der Waals surface area contributed by atoms with Crippen molar-refractivity contribution in [3.05, 3.63) is 38.5 Å². The van der Waals surface area contributed by atoms with E-state index in [1.165, 1.54) is 4.68 Å². The van der Waals surface area contributed by atoms with Crippen LogP contribution in [-0.4, -0.2) is 26.0 Å². The maximum absolute atomic E-state index is 11.7. The number of nitrogens with one attached hydrogen (secondary N) is 2. The van der Waals surface area contributed by atoms with Crippen molar-refractivity contribution in [1.29, 1.82) is 0 Å². The van der Waals surface area contributed by atoms with Gasteiger partial charge in [-0.05, 0) is 35.8 Å². The molecule has 102 valence electrons. The molecule has 0 bridgehead atoms. The predicted octanol–water partition coefficient (Wildman–Crippen LogP) is 1.62. The molecule has 2 heterocycles. The Hall–Kier alpha value is -1.63. The van der Waals surface area contributed by atoms with Crippen molar-refractivity contribution < 1.29 is 0 Å². The topological polar surface area (TPSA) is 75.6 Å². The number of aromatic nitrogens is 4. The van der Waals surface area contributed by atoms with Crippen molar-refractivity contribution in [3.8, 4) is 0 Å². The molecule has 19 heavy (non-hydrogen) atoms. The largest absolute Gasteiger partial charge is 0.380 e. The molecule has 0 fully saturated rings. The Morgan fingerprint density at radius 3 is 2.95 bits per heavy atom. The zero-order valence-electron chi connectivity index (χ0n) is 11.1. The number of nitrogens with zero attached hydrogens (tertiary/aromatic N) is 3. The van der Waals surface area contributed by atoms with E-state index in [9.17, 15) is 4.79 Å². The van der Waals surface area contributed by atoms with Gasteiger partial charge in [0.15, 0.2) is 0 Å². The van der Waals surface area contributed by atoms with Gasteiger partial charge in [-0.1, -0.05) is 0 Å². The summed E-state index contributed by atoms with van der Waals surface area (Å²) in [5.41, 5.74) is 2.57. The summed E-state index contributed by atoms with van der Waals surface area (Å²) >= 11 is 3.29. The zero-order valence-corrected chi connectivity index (χ0v) is 12.7. The Kier molecular flexibility index (Phi) is 4.04. The first kappa shape index (κ1) is 13.8. The lowest BCUT2D eigenvalue weighted by Crippen LogP contribution is -2.24. The molecule has 0 radical (unpaired) electrons. The molecular formula is C12H16BrN5O. The molecule has 0 aromatic carbocycles. The van der Waals surface area contributed by atoms with Crippen molar-refractivity contribution in [2.24, 2.45) is 7.05 Å². The van der Waals surface area contributed by atoms with Gasteiger partial charge in [0.1, 0.15) is 4.47 Å². The van der Waals surface area contributed by atoms with Gasteiger partial charge in [-0.3, -0.25) is 9.89 Å². The molecule has 2 aromatic heterocycles. The van der Waals surface area contributed by atoms with Gasteiger partial charge < -0.3 is 5.32 Å². The highest BCUT2D eigenvalue weighted by Gasteiger charge is 2.11. The van der Waals surface area contributed by atoms with Crippen molar-refractivity contribution >= 4 is 21.6 Å². The highest BCUT2D eigenvalue weighted by atomic mass is 79.9. The average molecular weight is 326 g/mol. The minimum atomic E-state index is -0.159. The molecule has 0 spiro atoms. The molecule has 2 N–H and O–H groups in total. The third-order valence-corrected chi connectivity index (χ3v) is 3.52. The third-order valence-electron chi connectivity index (χ3n) is 2.75. The fraction of sp³-hybridized carbons (Fsp3) is 0.417. The van der Waals surface area contributed by atoms with Gasteiger partial charge in [0, 0.05) is 25.2 Å². The summed E-state index contributed by atoms with van der Waals surface area (Å²) in [5.74, 6) is 0. The highest BCUT2D eigenvalue weighted by molar-refractivity contribution is 9.10. The van der Waals surface area contributed by atoms with E-state index in [0.29, 0.717) is 10.2 Å². The number of halogens is 1. The van der Waals surface area contributed by atoms with Gasteiger partial charge >= 0.3 is 0 Å². The number of aromatic amines is 1. The maximum atomic E-state index is 11.7. The van der Waals surface area contributed by atoms with E-state index >= 15 is 0 Å². The quantitative estimate of drug-likeness (QED) is 0.895. The molecule has 0 amide bonds. The Morgan fingerprint density at radius 2 is 2.32 bits per heavy atom. The van der Waals surface area contributed by atoms with E-state index in [1.54, 1.807) is 13.2 Å². The summed E-state index contributed by atoms with van der Waals surface area (Å²) in [4.78, 5) is 11.7. The van der Waals surface area contributed by atoms with Gasteiger partial charge in [0.05, 0.1) is 17.6 Å². The second-order valence-electron chi connectivity index (χ2n) is 4.59. The second kappa shape index (κ2) is 5.56. The van der Waals surface area contributed by atoms with Crippen LogP contribution in [0.4, 0.5) is 5.69 Å². The van der Waals surface area contributed by atoms with E-state index in [1.807, 2.05) is 19.9 Å². The molecule has 0 aliphatic rings. The maximum Gasteiger partial charge on any atom is 0.282 e. The summed E-state index contributed by atoms with van der Waals surface area (Å²) in [6.45, 7) is 4.00. The Labute approximate surface area is 119 Å². The van der Waals surface area contributed by atoms with Crippen LogP contribution in [0.15, 0.2) is 21.5 Å². The lowest BCUT2D eigenvalue weighted by Gasteiger charge is -2.15. The first-order chi connectivity index (χ1) is 8.97. The van der Waals surface area contributed by atoms with E-state index in [2.05, 4.69) is 36.5 Å². The van der Waals surface area contributed by atoms with E-state index in [4.69, 9.17) is 0 Å². The smallest absolute Gasteiger partial charge is 0.282 e. The molecular weight excluding hydrogens is 310 g/mol. The third kappa shape index (κ3) is 3.23. The van der Waals surface area contributed by atoms with E-state index in [-0.39, 0.29) is 11.6 Å². The number of hydrogen-bond acceptors (Lipinski definition) is 4. The first-order valence-electron chi connectivity index (χ1n) is 5.96. The van der Waals surface area contributed by atoms with Crippen molar-refractivity contribution in [3.63, 3.8) is 0 Å². The molecule has 6 nitrogen and oxygen atoms in total. The molecule has 2 aromatic rings. The van der Waals surface area contributed by atoms with Crippen LogP contribution in [-0.2, 0) is 13.5 Å². The molecule has 2 rings (SSSR count). The van der Waals surface area contributed by atoms with E-state index < -0.39 is 0 Å². The van der Waals surface area contributed by atoms with Gasteiger partial charge in [0.25, 0.3) is 5.56 Å². The molecule has 0 aliphatic carbocycles. The van der Waals surface area contributed by atoms with Crippen molar-refractivity contribution in [2.45, 2.75) is 26.3 Å². The lowest BCUT2D eigenvalue weighted by molar-refractivity contribution is 0.697. The standard InChI is InChI=1S/C12H16BrN5O/c1-7(4-9-5-8(2)16-17-9)15-10-6-14-18(3)12(19)11(10)13/h5-7,15H,4H2,1-3H3,(H,16,17). The summed E-state index contributed by atoms with van der Waals surface area (Å²) in [7, 11) is 1.62. The summed E-state index contributed by atoms with van der Waals surface area (Å²) in [6.07, 6.45) is 2.41. The van der Waals surface area contributed by atoms with Crippen LogP contribution < -0.4 is 10.9 Å². The minimum Gasteiger partial charge on any atom is -0.380 e. The van der Waals surface area contributed by atoms with Crippen LogP contribution in [0, 0.1) is 6.92 Å². The molecule has 1 atom stereocenters. The molecule has 7 heteroatoms. The molecule has 0 saturated heterocycles. The van der Waals surface area contributed by atoms with Crippen LogP contribution in [0.5, 0.6) is 0 Å². The van der Waals surface area contributed by atoms with Crippen LogP contribution in [0.3, 0.4) is 0 Å². The molecule has 1 unspecified atom stereocenters. The number of hydrogen-bond donors (Lipinski definition) is 2. The highest BCUT2D eigenvalue weighted by Crippen LogP contribution is 2.17. The summed E-state index contributed by atoms with van der Waals surface area (Å²) in [5, 5.41) is 14.4. The number of rotatable bonds is 4.